The van der Waals surface area contributed by atoms with Gasteiger partial charge in [0, 0.05) is 38.8 Å². The van der Waals surface area contributed by atoms with Gasteiger partial charge in [0.05, 0.1) is 7.11 Å². The standard InChI is InChI=1S/C19H25N3O2/c1-15(23)21-18-7-3-16(4-8-18)13-22(12-11-20)14-17-5-9-19(24-2)10-6-17/h3-10H,11-14,20H2,1-2H3,(H,21,23). The zero-order chi connectivity index (χ0) is 17.4. The summed E-state index contributed by atoms with van der Waals surface area (Å²) in [5.41, 5.74) is 8.97. The van der Waals surface area contributed by atoms with E-state index in [1.54, 1.807) is 7.11 Å². The molecule has 0 fully saturated rings. The molecule has 0 aromatic heterocycles. The minimum Gasteiger partial charge on any atom is -0.497 e. The number of hydrogen-bond donors (Lipinski definition) is 2. The van der Waals surface area contributed by atoms with Crippen LogP contribution in [0.3, 0.4) is 0 Å². The summed E-state index contributed by atoms with van der Waals surface area (Å²) in [4.78, 5) is 13.4. The first-order chi connectivity index (χ1) is 11.6. The molecule has 0 bridgehead atoms. The molecule has 0 aliphatic heterocycles. The van der Waals surface area contributed by atoms with E-state index in [4.69, 9.17) is 10.5 Å². The Labute approximate surface area is 143 Å². The zero-order valence-electron chi connectivity index (χ0n) is 14.3. The van der Waals surface area contributed by atoms with Gasteiger partial charge in [-0.15, -0.1) is 0 Å². The Kier molecular flexibility index (Phi) is 6.78. The van der Waals surface area contributed by atoms with Gasteiger partial charge in [-0.2, -0.15) is 0 Å². The van der Waals surface area contributed by atoms with Crippen LogP contribution in [0.5, 0.6) is 5.75 Å². The van der Waals surface area contributed by atoms with Crippen molar-refractivity contribution in [2.45, 2.75) is 20.0 Å². The van der Waals surface area contributed by atoms with Crippen molar-refractivity contribution in [1.82, 2.24) is 4.90 Å². The number of benzene rings is 2. The van der Waals surface area contributed by atoms with Crippen LogP contribution in [0.1, 0.15) is 18.1 Å². The van der Waals surface area contributed by atoms with Crippen LogP contribution in [0.15, 0.2) is 48.5 Å². The average Bonchev–Trinajstić information content (AvgIpc) is 2.57. The monoisotopic (exact) mass is 327 g/mol. The molecule has 128 valence electrons. The first kappa shape index (κ1) is 18.0. The highest BCUT2D eigenvalue weighted by atomic mass is 16.5. The predicted octanol–water partition coefficient (Wildman–Crippen LogP) is 2.61. The molecule has 5 heteroatoms. The van der Waals surface area contributed by atoms with E-state index in [0.29, 0.717) is 6.54 Å². The Morgan fingerprint density at radius 2 is 1.58 bits per heavy atom. The molecule has 0 radical (unpaired) electrons. The maximum Gasteiger partial charge on any atom is 0.221 e. The minimum absolute atomic E-state index is 0.0629. The lowest BCUT2D eigenvalue weighted by Gasteiger charge is -2.22. The highest BCUT2D eigenvalue weighted by Crippen LogP contribution is 2.16. The molecule has 0 unspecified atom stereocenters. The second-order valence-corrected chi connectivity index (χ2v) is 5.73. The lowest BCUT2D eigenvalue weighted by Crippen LogP contribution is -2.28. The van der Waals surface area contributed by atoms with Crippen LogP contribution in [0.25, 0.3) is 0 Å². The number of anilines is 1. The van der Waals surface area contributed by atoms with Crippen molar-refractivity contribution in [2.75, 3.05) is 25.5 Å². The Hall–Kier alpha value is -2.37. The normalized spacial score (nSPS) is 10.7. The summed E-state index contributed by atoms with van der Waals surface area (Å²) in [5.74, 6) is 0.796. The fraction of sp³-hybridized carbons (Fsp3) is 0.316. The van der Waals surface area contributed by atoms with E-state index < -0.39 is 0 Å². The van der Waals surface area contributed by atoms with Crippen LogP contribution >= 0.6 is 0 Å². The number of rotatable bonds is 8. The van der Waals surface area contributed by atoms with Gasteiger partial charge in [-0.05, 0) is 35.4 Å². The van der Waals surface area contributed by atoms with E-state index >= 15 is 0 Å². The first-order valence-corrected chi connectivity index (χ1v) is 8.02. The fourth-order valence-electron chi connectivity index (χ4n) is 2.54. The lowest BCUT2D eigenvalue weighted by atomic mass is 10.1. The number of nitrogens with two attached hydrogens (primary N) is 1. The third kappa shape index (κ3) is 5.68. The molecule has 0 aliphatic carbocycles. The van der Waals surface area contributed by atoms with Gasteiger partial charge in [0.1, 0.15) is 5.75 Å². The van der Waals surface area contributed by atoms with E-state index in [2.05, 4.69) is 22.3 Å². The van der Waals surface area contributed by atoms with Crippen LogP contribution < -0.4 is 15.8 Å². The summed E-state index contributed by atoms with van der Waals surface area (Å²) in [7, 11) is 1.67. The molecule has 0 aliphatic rings. The second kappa shape index (κ2) is 9.05. The maximum absolute atomic E-state index is 11.1. The summed E-state index contributed by atoms with van der Waals surface area (Å²) < 4.78 is 5.19. The predicted molar refractivity (Wildman–Crippen MR) is 96.9 cm³/mol. The van der Waals surface area contributed by atoms with Crippen LogP contribution in [0.2, 0.25) is 0 Å². The molecule has 2 aromatic carbocycles. The number of carbonyl (C=O) groups is 1. The van der Waals surface area contributed by atoms with Gasteiger partial charge in [0.2, 0.25) is 5.91 Å². The SMILES string of the molecule is COc1ccc(CN(CCN)Cc2ccc(NC(C)=O)cc2)cc1. The van der Waals surface area contributed by atoms with E-state index in [9.17, 15) is 4.79 Å². The molecule has 0 saturated heterocycles. The molecule has 0 spiro atoms. The molecule has 0 saturated carbocycles. The maximum atomic E-state index is 11.1. The summed E-state index contributed by atoms with van der Waals surface area (Å²) in [6.07, 6.45) is 0. The molecule has 2 rings (SSSR count). The average molecular weight is 327 g/mol. The quantitative estimate of drug-likeness (QED) is 0.782. The molecule has 0 atom stereocenters. The van der Waals surface area contributed by atoms with E-state index in [1.807, 2.05) is 36.4 Å². The van der Waals surface area contributed by atoms with E-state index in [-0.39, 0.29) is 5.91 Å². The van der Waals surface area contributed by atoms with Gasteiger partial charge in [-0.25, -0.2) is 0 Å². The number of nitrogens with zero attached hydrogens (tertiary/aromatic N) is 1. The highest BCUT2D eigenvalue weighted by molar-refractivity contribution is 5.88. The van der Waals surface area contributed by atoms with Crippen LogP contribution in [-0.4, -0.2) is 31.0 Å². The number of ether oxygens (including phenoxy) is 1. The Balaban J connectivity index is 2.00. The molecular weight excluding hydrogens is 302 g/mol. The number of carbonyl (C=O) groups excluding carboxylic acids is 1. The molecule has 2 aromatic rings. The Morgan fingerprint density at radius 3 is 2.04 bits per heavy atom. The van der Waals surface area contributed by atoms with Crippen molar-refractivity contribution in [3.05, 3.63) is 59.7 Å². The topological polar surface area (TPSA) is 67.6 Å². The minimum atomic E-state index is -0.0629. The van der Waals surface area contributed by atoms with Crippen molar-refractivity contribution in [2.24, 2.45) is 5.73 Å². The fourth-order valence-corrected chi connectivity index (χ4v) is 2.54. The molecule has 3 N–H and O–H groups in total. The molecule has 24 heavy (non-hydrogen) atoms. The summed E-state index contributed by atoms with van der Waals surface area (Å²) >= 11 is 0. The van der Waals surface area contributed by atoms with E-state index in [1.165, 1.54) is 18.1 Å². The Bertz CT molecular complexity index is 639. The van der Waals surface area contributed by atoms with Crippen LogP contribution in [0.4, 0.5) is 5.69 Å². The largest absolute Gasteiger partial charge is 0.497 e. The number of amides is 1. The van der Waals surface area contributed by atoms with Gasteiger partial charge in [-0.3, -0.25) is 9.69 Å². The Morgan fingerprint density at radius 1 is 1.04 bits per heavy atom. The molecular formula is C19H25N3O2. The smallest absolute Gasteiger partial charge is 0.221 e. The lowest BCUT2D eigenvalue weighted by molar-refractivity contribution is -0.114. The van der Waals surface area contributed by atoms with Crippen LogP contribution in [-0.2, 0) is 17.9 Å². The third-order valence-corrected chi connectivity index (χ3v) is 3.69. The zero-order valence-corrected chi connectivity index (χ0v) is 14.3. The summed E-state index contributed by atoms with van der Waals surface area (Å²) in [6.45, 7) is 4.57. The van der Waals surface area contributed by atoms with Gasteiger partial charge >= 0.3 is 0 Å². The van der Waals surface area contributed by atoms with Gasteiger partial charge in [0.15, 0.2) is 0 Å². The van der Waals surface area contributed by atoms with Crippen molar-refractivity contribution >= 4 is 11.6 Å². The van der Waals surface area contributed by atoms with Gasteiger partial charge in [0.25, 0.3) is 0 Å². The summed E-state index contributed by atoms with van der Waals surface area (Å²) in [6, 6.07) is 16.0. The van der Waals surface area contributed by atoms with Crippen LogP contribution in [0, 0.1) is 0 Å². The highest BCUT2D eigenvalue weighted by Gasteiger charge is 2.07. The van der Waals surface area contributed by atoms with E-state index in [0.717, 1.165) is 31.1 Å². The van der Waals surface area contributed by atoms with Crippen molar-refractivity contribution in [3.63, 3.8) is 0 Å². The van der Waals surface area contributed by atoms with Gasteiger partial charge in [-0.1, -0.05) is 24.3 Å². The molecule has 5 nitrogen and oxygen atoms in total. The van der Waals surface area contributed by atoms with Crippen molar-refractivity contribution in [1.29, 1.82) is 0 Å². The number of nitrogens with one attached hydrogen (secondary N) is 1. The van der Waals surface area contributed by atoms with Crippen molar-refractivity contribution in [3.8, 4) is 5.75 Å². The summed E-state index contributed by atoms with van der Waals surface area (Å²) in [5, 5.41) is 2.78. The van der Waals surface area contributed by atoms with Crippen molar-refractivity contribution < 1.29 is 9.53 Å². The molecule has 1 amide bonds. The number of methoxy groups -OCH3 is 1. The second-order valence-electron chi connectivity index (χ2n) is 5.73. The van der Waals surface area contributed by atoms with Gasteiger partial charge < -0.3 is 15.8 Å². The third-order valence-electron chi connectivity index (χ3n) is 3.69. The number of hydrogen-bond acceptors (Lipinski definition) is 4. The first-order valence-electron chi connectivity index (χ1n) is 8.02. The molecule has 0 heterocycles.